The van der Waals surface area contributed by atoms with Crippen molar-refractivity contribution in [2.75, 3.05) is 0 Å². The minimum absolute atomic E-state index is 0.0117. The fourth-order valence-corrected chi connectivity index (χ4v) is 2.56. The van der Waals surface area contributed by atoms with Gasteiger partial charge in [-0.25, -0.2) is 0 Å². The van der Waals surface area contributed by atoms with Crippen LogP contribution in [0.5, 0.6) is 0 Å². The topological polar surface area (TPSA) is 39.1 Å². The average Bonchev–Trinajstić information content (AvgIpc) is 3.26. The predicted molar refractivity (Wildman–Crippen MR) is 79.0 cm³/mol. The fraction of sp³-hybridized carbons (Fsp3) is 0.250. The van der Waals surface area contributed by atoms with Crippen molar-refractivity contribution in [2.24, 2.45) is 0 Å². The number of halogens is 1. The molecule has 1 heterocycles. The van der Waals surface area contributed by atoms with Crippen LogP contribution in [0.3, 0.4) is 0 Å². The summed E-state index contributed by atoms with van der Waals surface area (Å²) in [6.07, 6.45) is 2.01. The minimum atomic E-state index is -0.503. The van der Waals surface area contributed by atoms with Gasteiger partial charge >= 0.3 is 0 Å². The Balaban J connectivity index is 2.14. The molecule has 1 aliphatic rings. The Morgan fingerprint density at radius 3 is 2.45 bits per heavy atom. The van der Waals surface area contributed by atoms with Gasteiger partial charge in [0.15, 0.2) is 0 Å². The van der Waals surface area contributed by atoms with Gasteiger partial charge in [-0.05, 0) is 36.1 Å². The Labute approximate surface area is 121 Å². The van der Waals surface area contributed by atoms with Crippen LogP contribution in [-0.2, 0) is 11.2 Å². The van der Waals surface area contributed by atoms with Gasteiger partial charge in [0, 0.05) is 11.6 Å². The molecule has 1 aromatic heterocycles. The van der Waals surface area contributed by atoms with Crippen molar-refractivity contribution in [2.45, 2.75) is 25.3 Å². The highest BCUT2D eigenvalue weighted by atomic mass is 35.5. The number of aromatic nitrogens is 1. The maximum atomic E-state index is 12.5. The summed E-state index contributed by atoms with van der Waals surface area (Å²) in [5.74, 6) is 0. The summed E-state index contributed by atoms with van der Waals surface area (Å²) in [5, 5.41) is -0.503. The minimum Gasteiger partial charge on any atom is -0.305 e. The third-order valence-corrected chi connectivity index (χ3v) is 3.64. The molecule has 1 fully saturated rings. The Bertz CT molecular complexity index is 702. The standard InChI is InChI=1S/C16H14ClNO2/c17-15(19)10-12-6-9-14(11-4-2-1-3-5-11)18(16(12)20)13-7-8-13/h1-6,9,13H,7-8,10H2. The molecule has 0 bridgehead atoms. The van der Waals surface area contributed by atoms with Gasteiger partial charge in [-0.2, -0.15) is 0 Å². The van der Waals surface area contributed by atoms with Crippen LogP contribution in [0.4, 0.5) is 0 Å². The molecule has 3 rings (SSSR count). The molecule has 4 heteroatoms. The first-order valence-corrected chi connectivity index (χ1v) is 7.03. The number of nitrogens with zero attached hydrogens (tertiary/aromatic N) is 1. The van der Waals surface area contributed by atoms with E-state index in [-0.39, 0.29) is 18.0 Å². The van der Waals surface area contributed by atoms with Crippen LogP contribution >= 0.6 is 11.6 Å². The summed E-state index contributed by atoms with van der Waals surface area (Å²) in [6, 6.07) is 13.7. The van der Waals surface area contributed by atoms with Crippen LogP contribution < -0.4 is 5.56 Å². The summed E-state index contributed by atoms with van der Waals surface area (Å²) in [6.45, 7) is 0. The number of hydrogen-bond acceptors (Lipinski definition) is 2. The van der Waals surface area contributed by atoms with Gasteiger partial charge in [0.25, 0.3) is 5.56 Å². The normalized spacial score (nSPS) is 14.2. The zero-order chi connectivity index (χ0) is 14.1. The number of carbonyl (C=O) groups is 1. The molecule has 1 aromatic carbocycles. The molecule has 2 aromatic rings. The summed E-state index contributed by atoms with van der Waals surface area (Å²) in [7, 11) is 0. The molecular formula is C16H14ClNO2. The molecule has 0 spiro atoms. The third kappa shape index (κ3) is 2.54. The summed E-state index contributed by atoms with van der Waals surface area (Å²) in [4.78, 5) is 23.6. The Morgan fingerprint density at radius 1 is 1.15 bits per heavy atom. The molecule has 0 N–H and O–H groups in total. The lowest BCUT2D eigenvalue weighted by atomic mass is 10.1. The van der Waals surface area contributed by atoms with Crippen molar-refractivity contribution < 1.29 is 4.79 Å². The van der Waals surface area contributed by atoms with E-state index in [4.69, 9.17) is 11.6 Å². The van der Waals surface area contributed by atoms with E-state index in [1.165, 1.54) is 0 Å². The Morgan fingerprint density at radius 2 is 1.85 bits per heavy atom. The molecule has 0 radical (unpaired) electrons. The number of benzene rings is 1. The Kier molecular flexibility index (Phi) is 3.45. The summed E-state index contributed by atoms with van der Waals surface area (Å²) >= 11 is 5.40. The second-order valence-electron chi connectivity index (χ2n) is 5.05. The maximum Gasteiger partial charge on any atom is 0.254 e. The SMILES string of the molecule is O=C(Cl)Cc1ccc(-c2ccccc2)n(C2CC2)c1=O. The molecule has 1 aliphatic carbocycles. The zero-order valence-corrected chi connectivity index (χ0v) is 11.6. The first kappa shape index (κ1) is 13.1. The lowest BCUT2D eigenvalue weighted by Gasteiger charge is -2.13. The first-order chi connectivity index (χ1) is 9.66. The smallest absolute Gasteiger partial charge is 0.254 e. The van der Waals surface area contributed by atoms with Gasteiger partial charge in [-0.3, -0.25) is 9.59 Å². The molecule has 102 valence electrons. The second kappa shape index (κ2) is 5.25. The van der Waals surface area contributed by atoms with Crippen LogP contribution in [-0.4, -0.2) is 9.81 Å². The Hall–Kier alpha value is -1.87. The second-order valence-corrected chi connectivity index (χ2v) is 5.47. The molecule has 0 saturated heterocycles. The quantitative estimate of drug-likeness (QED) is 0.810. The van der Waals surface area contributed by atoms with Crippen molar-refractivity contribution in [1.29, 1.82) is 0 Å². The highest BCUT2D eigenvalue weighted by Crippen LogP contribution is 2.37. The largest absolute Gasteiger partial charge is 0.305 e. The van der Waals surface area contributed by atoms with Crippen LogP contribution in [0, 0.1) is 0 Å². The van der Waals surface area contributed by atoms with Gasteiger partial charge in [0.1, 0.15) is 0 Å². The number of hydrogen-bond donors (Lipinski definition) is 0. The summed E-state index contributed by atoms with van der Waals surface area (Å²) < 4.78 is 1.81. The van der Waals surface area contributed by atoms with E-state index in [9.17, 15) is 9.59 Å². The highest BCUT2D eigenvalue weighted by molar-refractivity contribution is 6.63. The number of carbonyl (C=O) groups excluding carboxylic acids is 1. The van der Waals surface area contributed by atoms with E-state index in [1.54, 1.807) is 6.07 Å². The number of pyridine rings is 1. The van der Waals surface area contributed by atoms with E-state index in [0.29, 0.717) is 5.56 Å². The molecule has 0 aliphatic heterocycles. The van der Waals surface area contributed by atoms with Crippen molar-refractivity contribution >= 4 is 16.8 Å². The molecule has 0 unspecified atom stereocenters. The molecule has 1 saturated carbocycles. The van der Waals surface area contributed by atoms with Crippen molar-refractivity contribution in [3.05, 3.63) is 58.4 Å². The molecular weight excluding hydrogens is 274 g/mol. The van der Waals surface area contributed by atoms with Gasteiger partial charge in [-0.15, -0.1) is 0 Å². The molecule has 0 atom stereocenters. The highest BCUT2D eigenvalue weighted by Gasteiger charge is 2.28. The summed E-state index contributed by atoms with van der Waals surface area (Å²) in [5.41, 5.74) is 2.29. The van der Waals surface area contributed by atoms with Crippen molar-refractivity contribution in [3.63, 3.8) is 0 Å². The first-order valence-electron chi connectivity index (χ1n) is 6.65. The van der Waals surface area contributed by atoms with Crippen LogP contribution in [0.25, 0.3) is 11.3 Å². The molecule has 0 amide bonds. The van der Waals surface area contributed by atoms with E-state index in [2.05, 4.69) is 0 Å². The van der Waals surface area contributed by atoms with Crippen molar-refractivity contribution in [1.82, 2.24) is 4.57 Å². The van der Waals surface area contributed by atoms with Crippen LogP contribution in [0.15, 0.2) is 47.3 Å². The van der Waals surface area contributed by atoms with Gasteiger partial charge in [0.05, 0.1) is 12.1 Å². The van der Waals surface area contributed by atoms with E-state index < -0.39 is 5.24 Å². The van der Waals surface area contributed by atoms with E-state index >= 15 is 0 Å². The third-order valence-electron chi connectivity index (χ3n) is 3.51. The van der Waals surface area contributed by atoms with E-state index in [0.717, 1.165) is 24.1 Å². The van der Waals surface area contributed by atoms with Crippen LogP contribution in [0.2, 0.25) is 0 Å². The maximum absolute atomic E-state index is 12.5. The van der Waals surface area contributed by atoms with Crippen molar-refractivity contribution in [3.8, 4) is 11.3 Å². The molecule has 20 heavy (non-hydrogen) atoms. The predicted octanol–water partition coefficient (Wildman–Crippen LogP) is 3.16. The number of rotatable bonds is 4. The molecule has 3 nitrogen and oxygen atoms in total. The van der Waals surface area contributed by atoms with E-state index in [1.807, 2.05) is 41.0 Å². The lowest BCUT2D eigenvalue weighted by Crippen LogP contribution is -2.25. The van der Waals surface area contributed by atoms with Gasteiger partial charge in [0.2, 0.25) is 5.24 Å². The average molecular weight is 288 g/mol. The zero-order valence-electron chi connectivity index (χ0n) is 10.9. The van der Waals surface area contributed by atoms with Crippen LogP contribution in [0.1, 0.15) is 24.4 Å². The monoisotopic (exact) mass is 287 g/mol. The lowest BCUT2D eigenvalue weighted by molar-refractivity contribution is -0.111. The van der Waals surface area contributed by atoms with Gasteiger partial charge in [-0.1, -0.05) is 36.4 Å². The van der Waals surface area contributed by atoms with Gasteiger partial charge < -0.3 is 4.57 Å². The fourth-order valence-electron chi connectivity index (χ4n) is 2.42.